The summed E-state index contributed by atoms with van der Waals surface area (Å²) in [5, 5.41) is 11.7. The minimum absolute atomic E-state index is 0.0606. The zero-order valence-electron chi connectivity index (χ0n) is 20.4. The second-order valence-corrected chi connectivity index (χ2v) is 9.83. The molecule has 2 aromatic carbocycles. The Hall–Kier alpha value is -2.97. The lowest BCUT2D eigenvalue weighted by Crippen LogP contribution is -2.54. The lowest BCUT2D eigenvalue weighted by molar-refractivity contribution is -0.130. The number of ether oxygens (including phenoxy) is 1. The van der Waals surface area contributed by atoms with Gasteiger partial charge >= 0.3 is 0 Å². The molecule has 1 aromatic heterocycles. The van der Waals surface area contributed by atoms with Gasteiger partial charge in [-0.3, -0.25) is 9.69 Å². The Balaban J connectivity index is 1.67. The van der Waals surface area contributed by atoms with Crippen molar-refractivity contribution in [1.82, 2.24) is 14.4 Å². The van der Waals surface area contributed by atoms with Crippen molar-refractivity contribution in [2.75, 3.05) is 33.4 Å². The number of aromatic nitrogens is 1. The molecule has 3 aromatic rings. The third-order valence-electron chi connectivity index (χ3n) is 7.97. The molecule has 1 atom stereocenters. The molecule has 0 unspecified atom stereocenters. The number of likely N-dealkylation sites (tertiary alicyclic amines) is 1. The highest BCUT2D eigenvalue weighted by atomic mass is 19.1. The monoisotopic (exact) mass is 483 g/mol. The maximum absolute atomic E-state index is 14.6. The molecule has 186 valence electrons. The minimum atomic E-state index is -0.485. The number of benzene rings is 2. The van der Waals surface area contributed by atoms with E-state index in [1.54, 1.807) is 14.0 Å². The lowest BCUT2D eigenvalue weighted by atomic mass is 9.68. The van der Waals surface area contributed by atoms with Crippen molar-refractivity contribution in [3.63, 3.8) is 0 Å². The molecule has 3 heterocycles. The standard InChI is InChI=1S/C27H31F2N3O3/c1-17(34)31-10-8-27(9-11-31)16-32(14-18-12-19(28)4-7-22(18)29)24(15-33)26-25(27)21-6-5-20(35-3)13-23(21)30(26)2/h4-7,12-13,24,33H,8-11,14-16H2,1-3H3/t24-/m1/s1. The number of methoxy groups -OCH3 is 1. The fraction of sp³-hybridized carbons (Fsp3) is 0.444. The molecular formula is C27H31F2N3O3. The number of aliphatic hydroxyl groups excluding tert-OH is 1. The molecule has 0 radical (unpaired) electrons. The average Bonchev–Trinajstić information content (AvgIpc) is 3.14. The Labute approximate surface area is 203 Å². The van der Waals surface area contributed by atoms with Gasteiger partial charge in [0, 0.05) is 68.3 Å². The van der Waals surface area contributed by atoms with Crippen LogP contribution in [0.4, 0.5) is 8.78 Å². The number of rotatable bonds is 4. The molecular weight excluding hydrogens is 452 g/mol. The molecule has 1 spiro atoms. The summed E-state index contributed by atoms with van der Waals surface area (Å²) in [4.78, 5) is 16.0. The van der Waals surface area contributed by atoms with Crippen molar-refractivity contribution < 1.29 is 23.4 Å². The number of piperidine rings is 1. The molecule has 2 aliphatic heterocycles. The van der Waals surface area contributed by atoms with Crippen LogP contribution in [0.15, 0.2) is 36.4 Å². The van der Waals surface area contributed by atoms with E-state index in [0.29, 0.717) is 19.6 Å². The molecule has 35 heavy (non-hydrogen) atoms. The van der Waals surface area contributed by atoms with Gasteiger partial charge < -0.3 is 19.3 Å². The van der Waals surface area contributed by atoms with Gasteiger partial charge in [-0.05, 0) is 48.7 Å². The Morgan fingerprint density at radius 3 is 2.57 bits per heavy atom. The Kier molecular flexibility index (Phi) is 6.05. The quantitative estimate of drug-likeness (QED) is 0.612. The number of nitrogens with zero attached hydrogens (tertiary/aromatic N) is 3. The number of carbonyl (C=O) groups excluding carboxylic acids is 1. The topological polar surface area (TPSA) is 57.9 Å². The summed E-state index contributed by atoms with van der Waals surface area (Å²) >= 11 is 0. The van der Waals surface area contributed by atoms with Crippen LogP contribution in [0.5, 0.6) is 5.75 Å². The van der Waals surface area contributed by atoms with Crippen LogP contribution in [0, 0.1) is 11.6 Å². The zero-order chi connectivity index (χ0) is 24.9. The highest BCUT2D eigenvalue weighted by Crippen LogP contribution is 2.50. The van der Waals surface area contributed by atoms with Crippen LogP contribution in [-0.4, -0.2) is 58.7 Å². The second kappa shape index (κ2) is 8.91. The van der Waals surface area contributed by atoms with E-state index >= 15 is 0 Å². The van der Waals surface area contributed by atoms with E-state index in [0.717, 1.165) is 47.3 Å². The summed E-state index contributed by atoms with van der Waals surface area (Å²) in [5.74, 6) is -0.141. The predicted octanol–water partition coefficient (Wildman–Crippen LogP) is 3.89. The number of aliphatic hydroxyl groups is 1. The Bertz CT molecular complexity index is 1280. The fourth-order valence-electron chi connectivity index (χ4n) is 6.17. The molecule has 6 nitrogen and oxygen atoms in total. The smallest absolute Gasteiger partial charge is 0.219 e. The molecule has 5 rings (SSSR count). The van der Waals surface area contributed by atoms with Gasteiger partial charge in [-0.1, -0.05) is 0 Å². The molecule has 1 amide bonds. The molecule has 1 fully saturated rings. The van der Waals surface area contributed by atoms with Crippen molar-refractivity contribution in [2.45, 2.75) is 37.8 Å². The third kappa shape index (κ3) is 3.89. The van der Waals surface area contributed by atoms with Crippen molar-refractivity contribution in [3.8, 4) is 5.75 Å². The van der Waals surface area contributed by atoms with Crippen LogP contribution in [0.3, 0.4) is 0 Å². The summed E-state index contributed by atoms with van der Waals surface area (Å²) < 4.78 is 36.2. The molecule has 8 heteroatoms. The van der Waals surface area contributed by atoms with Crippen LogP contribution in [0.1, 0.15) is 42.6 Å². The molecule has 0 aliphatic carbocycles. The Morgan fingerprint density at radius 2 is 1.91 bits per heavy atom. The highest BCUT2D eigenvalue weighted by Gasteiger charge is 2.48. The van der Waals surface area contributed by atoms with E-state index in [9.17, 15) is 18.7 Å². The first kappa shape index (κ1) is 23.8. The largest absolute Gasteiger partial charge is 0.497 e. The molecule has 0 saturated carbocycles. The first-order chi connectivity index (χ1) is 16.8. The molecule has 0 bridgehead atoms. The summed E-state index contributed by atoms with van der Waals surface area (Å²) in [5.41, 5.74) is 3.15. The lowest BCUT2D eigenvalue weighted by Gasteiger charge is -2.50. The zero-order valence-corrected chi connectivity index (χ0v) is 20.4. The second-order valence-electron chi connectivity index (χ2n) is 9.83. The van der Waals surface area contributed by atoms with Gasteiger partial charge in [0.05, 0.1) is 25.3 Å². The normalized spacial score (nSPS) is 19.8. The minimum Gasteiger partial charge on any atom is -0.497 e. The van der Waals surface area contributed by atoms with E-state index in [1.165, 1.54) is 11.6 Å². The van der Waals surface area contributed by atoms with Crippen molar-refractivity contribution in [2.24, 2.45) is 7.05 Å². The van der Waals surface area contributed by atoms with Crippen LogP contribution in [0.25, 0.3) is 10.9 Å². The van der Waals surface area contributed by atoms with E-state index in [4.69, 9.17) is 4.74 Å². The fourth-order valence-corrected chi connectivity index (χ4v) is 6.17. The van der Waals surface area contributed by atoms with E-state index in [2.05, 4.69) is 15.5 Å². The van der Waals surface area contributed by atoms with E-state index < -0.39 is 11.6 Å². The van der Waals surface area contributed by atoms with Gasteiger partial charge in [-0.15, -0.1) is 0 Å². The molecule has 2 aliphatic rings. The number of halogens is 2. The molecule has 1 saturated heterocycles. The van der Waals surface area contributed by atoms with Crippen molar-refractivity contribution in [3.05, 3.63) is 64.9 Å². The van der Waals surface area contributed by atoms with Gasteiger partial charge in [0.15, 0.2) is 0 Å². The van der Waals surface area contributed by atoms with Crippen LogP contribution < -0.4 is 4.74 Å². The SMILES string of the molecule is COc1ccc2c3c(n(C)c2c1)[C@@H](CO)N(Cc1cc(F)ccc1F)CC31CCN(C(C)=O)CC1. The van der Waals surface area contributed by atoms with Crippen molar-refractivity contribution in [1.29, 1.82) is 0 Å². The van der Waals surface area contributed by atoms with Crippen LogP contribution in [0.2, 0.25) is 0 Å². The maximum Gasteiger partial charge on any atom is 0.219 e. The van der Waals surface area contributed by atoms with Gasteiger partial charge in [0.2, 0.25) is 5.91 Å². The number of hydrogen-bond acceptors (Lipinski definition) is 4. The first-order valence-corrected chi connectivity index (χ1v) is 12.0. The average molecular weight is 484 g/mol. The summed E-state index contributed by atoms with van der Waals surface area (Å²) in [6.07, 6.45) is 1.51. The number of hydrogen-bond donors (Lipinski definition) is 1. The van der Waals surface area contributed by atoms with Crippen LogP contribution in [-0.2, 0) is 23.8 Å². The first-order valence-electron chi connectivity index (χ1n) is 12.0. The Morgan fingerprint density at radius 1 is 1.17 bits per heavy atom. The molecule has 1 N–H and O–H groups in total. The van der Waals surface area contributed by atoms with Gasteiger partial charge in [0.25, 0.3) is 0 Å². The van der Waals surface area contributed by atoms with E-state index in [1.807, 2.05) is 24.1 Å². The van der Waals surface area contributed by atoms with Gasteiger partial charge in [-0.2, -0.15) is 0 Å². The van der Waals surface area contributed by atoms with Crippen molar-refractivity contribution >= 4 is 16.8 Å². The van der Waals surface area contributed by atoms with Crippen LogP contribution >= 0.6 is 0 Å². The third-order valence-corrected chi connectivity index (χ3v) is 7.97. The summed E-state index contributed by atoms with van der Waals surface area (Å²) in [6, 6.07) is 9.14. The van der Waals surface area contributed by atoms with Gasteiger partial charge in [0.1, 0.15) is 17.4 Å². The number of fused-ring (bicyclic) bond motifs is 4. The summed E-state index contributed by atoms with van der Waals surface area (Å²) in [7, 11) is 3.61. The summed E-state index contributed by atoms with van der Waals surface area (Å²) in [6.45, 7) is 3.46. The number of carbonyl (C=O) groups is 1. The predicted molar refractivity (Wildman–Crippen MR) is 129 cm³/mol. The van der Waals surface area contributed by atoms with E-state index in [-0.39, 0.29) is 36.1 Å². The maximum atomic E-state index is 14.6. The highest BCUT2D eigenvalue weighted by molar-refractivity contribution is 5.88. The number of amides is 1. The number of aryl methyl sites for hydroxylation is 1. The van der Waals surface area contributed by atoms with Gasteiger partial charge in [-0.25, -0.2) is 8.78 Å².